The van der Waals surface area contributed by atoms with Crippen molar-refractivity contribution in [1.82, 2.24) is 18.8 Å². The number of aromatic nitrogens is 3. The number of nitrogens with one attached hydrogen (secondary N) is 3. The van der Waals surface area contributed by atoms with E-state index in [1.165, 1.54) is 16.4 Å². The SMILES string of the molecule is CN(C)C/C=C\C(=O)Nc1ccc(C(=O)Nc2cccc(Nc3cc(-c4cn(S(=O)(=O)c5ccccc5)c5ccccc45)ncn3)c2)cc1. The molecule has 0 fully saturated rings. The minimum atomic E-state index is -3.86. The number of carbonyl (C=O) groups is 2. The van der Waals surface area contributed by atoms with E-state index >= 15 is 0 Å². The summed E-state index contributed by atoms with van der Waals surface area (Å²) in [5.74, 6) is -0.0839. The lowest BCUT2D eigenvalue weighted by atomic mass is 10.1. The van der Waals surface area contributed by atoms with Crippen LogP contribution in [0, 0.1) is 0 Å². The van der Waals surface area contributed by atoms with Crippen molar-refractivity contribution in [2.75, 3.05) is 36.6 Å². The Morgan fingerprint density at radius 3 is 2.31 bits per heavy atom. The molecular formula is C37H33N7O4S. The first-order valence-corrected chi connectivity index (χ1v) is 16.8. The molecule has 0 saturated carbocycles. The van der Waals surface area contributed by atoms with Gasteiger partial charge in [-0.25, -0.2) is 22.4 Å². The number of rotatable bonds is 11. The van der Waals surface area contributed by atoms with Crippen LogP contribution >= 0.6 is 0 Å². The maximum absolute atomic E-state index is 13.6. The van der Waals surface area contributed by atoms with Gasteiger partial charge in [-0.3, -0.25) is 9.59 Å². The van der Waals surface area contributed by atoms with Gasteiger partial charge in [-0.05, 0) is 74.8 Å². The maximum atomic E-state index is 13.6. The summed E-state index contributed by atoms with van der Waals surface area (Å²) in [5, 5.41) is 9.65. The Morgan fingerprint density at radius 1 is 0.796 bits per heavy atom. The summed E-state index contributed by atoms with van der Waals surface area (Å²) in [6.45, 7) is 0.652. The molecule has 2 aromatic heterocycles. The molecule has 0 aliphatic heterocycles. The van der Waals surface area contributed by atoms with Crippen LogP contribution < -0.4 is 16.0 Å². The van der Waals surface area contributed by atoms with Crippen LogP contribution in [-0.2, 0) is 14.8 Å². The Labute approximate surface area is 284 Å². The number of nitrogens with zero attached hydrogens (tertiary/aromatic N) is 4. The molecule has 0 saturated heterocycles. The molecule has 0 aliphatic carbocycles. The largest absolute Gasteiger partial charge is 0.340 e. The van der Waals surface area contributed by atoms with Crippen molar-refractivity contribution >= 4 is 55.6 Å². The van der Waals surface area contributed by atoms with Gasteiger partial charge < -0.3 is 20.9 Å². The number of hydrogen-bond donors (Lipinski definition) is 3. The van der Waals surface area contributed by atoms with E-state index in [4.69, 9.17) is 0 Å². The van der Waals surface area contributed by atoms with Crippen LogP contribution in [0.5, 0.6) is 0 Å². The number of benzene rings is 4. The molecule has 0 aliphatic rings. The number of anilines is 4. The molecule has 2 amide bonds. The minimum Gasteiger partial charge on any atom is -0.340 e. The van der Waals surface area contributed by atoms with Crippen LogP contribution in [0.4, 0.5) is 22.9 Å². The number of carbonyl (C=O) groups excluding carboxylic acids is 2. The molecular weight excluding hydrogens is 639 g/mol. The Hall–Kier alpha value is -6.11. The number of fused-ring (bicyclic) bond motifs is 1. The first-order chi connectivity index (χ1) is 23.7. The number of hydrogen-bond acceptors (Lipinski definition) is 8. The first-order valence-electron chi connectivity index (χ1n) is 15.3. The van der Waals surface area contributed by atoms with Crippen LogP contribution in [0.3, 0.4) is 0 Å². The predicted octanol–water partition coefficient (Wildman–Crippen LogP) is 6.39. The molecule has 0 bridgehead atoms. The fourth-order valence-electron chi connectivity index (χ4n) is 5.12. The van der Waals surface area contributed by atoms with Crippen molar-refractivity contribution in [1.29, 1.82) is 0 Å². The van der Waals surface area contributed by atoms with Gasteiger partial charge in [-0.1, -0.05) is 48.5 Å². The third kappa shape index (κ3) is 7.73. The second kappa shape index (κ2) is 14.3. The predicted molar refractivity (Wildman–Crippen MR) is 192 cm³/mol. The average molecular weight is 672 g/mol. The molecule has 6 aromatic rings. The van der Waals surface area contributed by atoms with Crippen LogP contribution in [0.1, 0.15) is 10.4 Å². The third-order valence-electron chi connectivity index (χ3n) is 7.47. The van der Waals surface area contributed by atoms with Gasteiger partial charge in [0, 0.05) is 58.5 Å². The molecule has 11 nitrogen and oxygen atoms in total. The lowest BCUT2D eigenvalue weighted by Crippen LogP contribution is -2.13. The van der Waals surface area contributed by atoms with Crippen molar-refractivity contribution in [3.63, 3.8) is 0 Å². The molecule has 0 spiro atoms. The molecule has 3 N–H and O–H groups in total. The van der Waals surface area contributed by atoms with E-state index in [-0.39, 0.29) is 16.7 Å². The Morgan fingerprint density at radius 2 is 1.53 bits per heavy atom. The van der Waals surface area contributed by atoms with Crippen molar-refractivity contribution in [3.8, 4) is 11.3 Å². The normalized spacial score (nSPS) is 11.6. The zero-order valence-corrected chi connectivity index (χ0v) is 27.6. The quantitative estimate of drug-likeness (QED) is 0.135. The van der Waals surface area contributed by atoms with Crippen molar-refractivity contribution in [2.45, 2.75) is 4.90 Å². The number of likely N-dealkylation sites (N-methyl/N-ethyl adjacent to an activating group) is 1. The highest BCUT2D eigenvalue weighted by atomic mass is 32.2. The fourth-order valence-corrected chi connectivity index (χ4v) is 6.51. The van der Waals surface area contributed by atoms with Crippen molar-refractivity contribution in [2.24, 2.45) is 0 Å². The molecule has 12 heteroatoms. The van der Waals surface area contributed by atoms with E-state index in [0.29, 0.717) is 51.8 Å². The van der Waals surface area contributed by atoms with Crippen LogP contribution in [0.2, 0.25) is 0 Å². The van der Waals surface area contributed by atoms with Crippen molar-refractivity contribution in [3.05, 3.63) is 139 Å². The third-order valence-corrected chi connectivity index (χ3v) is 9.16. The lowest BCUT2D eigenvalue weighted by Gasteiger charge is -2.10. The standard InChI is InChI=1S/C37H33N7O4S/c1-43(2)21-9-16-36(45)41-27-19-17-26(18-20-27)37(46)42-29-11-8-10-28(22-29)40-35-23-33(38-25-39-35)32-24-44(34-15-7-6-14-31(32)34)49(47,48)30-12-4-3-5-13-30/h3-20,22-25H,21H2,1-2H3,(H,41,45)(H,42,46)(H,38,39,40)/b16-9-. The highest BCUT2D eigenvalue weighted by molar-refractivity contribution is 7.90. The van der Waals surface area contributed by atoms with Gasteiger partial charge in [-0.15, -0.1) is 0 Å². The van der Waals surface area contributed by atoms with Crippen LogP contribution in [0.15, 0.2) is 139 Å². The Bertz CT molecular complexity index is 2270. The molecule has 6 rings (SSSR count). The van der Waals surface area contributed by atoms with Gasteiger partial charge in [0.2, 0.25) is 5.91 Å². The van der Waals surface area contributed by atoms with E-state index in [0.717, 1.165) is 5.39 Å². The van der Waals surface area contributed by atoms with E-state index in [1.807, 2.05) is 37.2 Å². The summed E-state index contributed by atoms with van der Waals surface area (Å²) in [4.78, 5) is 36.1. The molecule has 4 aromatic carbocycles. The number of amides is 2. The number of para-hydroxylation sites is 1. The molecule has 2 heterocycles. The lowest BCUT2D eigenvalue weighted by molar-refractivity contribution is -0.111. The summed E-state index contributed by atoms with van der Waals surface area (Å²) in [6, 6.07) is 31.1. The maximum Gasteiger partial charge on any atom is 0.268 e. The van der Waals surface area contributed by atoms with Gasteiger partial charge >= 0.3 is 0 Å². The first kappa shape index (κ1) is 32.8. The van der Waals surface area contributed by atoms with E-state index in [2.05, 4.69) is 25.9 Å². The Balaban J connectivity index is 1.16. The van der Waals surface area contributed by atoms with Gasteiger partial charge in [0.25, 0.3) is 15.9 Å². The monoisotopic (exact) mass is 671 g/mol. The minimum absolute atomic E-state index is 0.184. The van der Waals surface area contributed by atoms with Gasteiger partial charge in [0.1, 0.15) is 12.1 Å². The van der Waals surface area contributed by atoms with E-state index < -0.39 is 10.0 Å². The van der Waals surface area contributed by atoms with Crippen LogP contribution in [0.25, 0.3) is 22.2 Å². The van der Waals surface area contributed by atoms with E-state index in [1.54, 1.807) is 103 Å². The molecule has 0 unspecified atom stereocenters. The molecule has 0 radical (unpaired) electrons. The van der Waals surface area contributed by atoms with Gasteiger partial charge in [-0.2, -0.15) is 0 Å². The summed E-state index contributed by atoms with van der Waals surface area (Å²) in [6.07, 6.45) is 6.24. The van der Waals surface area contributed by atoms with E-state index in [9.17, 15) is 18.0 Å². The zero-order valence-electron chi connectivity index (χ0n) is 26.7. The highest BCUT2D eigenvalue weighted by Gasteiger charge is 2.22. The van der Waals surface area contributed by atoms with Crippen LogP contribution in [-0.4, -0.2) is 59.7 Å². The Kier molecular flexibility index (Phi) is 9.60. The summed E-state index contributed by atoms with van der Waals surface area (Å²) in [7, 11) is -0.0226. The van der Waals surface area contributed by atoms with Crippen molar-refractivity contribution < 1.29 is 18.0 Å². The van der Waals surface area contributed by atoms with Gasteiger partial charge in [0.05, 0.1) is 16.1 Å². The molecule has 0 atom stereocenters. The highest BCUT2D eigenvalue weighted by Crippen LogP contribution is 2.33. The van der Waals surface area contributed by atoms with Gasteiger partial charge in [0.15, 0.2) is 0 Å². The second-order valence-electron chi connectivity index (χ2n) is 11.4. The fraction of sp³-hybridized carbons (Fsp3) is 0.0811. The smallest absolute Gasteiger partial charge is 0.268 e. The summed E-state index contributed by atoms with van der Waals surface area (Å²) in [5.41, 5.74) is 3.92. The zero-order chi connectivity index (χ0) is 34.4. The molecule has 246 valence electrons. The summed E-state index contributed by atoms with van der Waals surface area (Å²) < 4.78 is 28.4. The average Bonchev–Trinajstić information content (AvgIpc) is 3.50. The molecule has 49 heavy (non-hydrogen) atoms. The topological polar surface area (TPSA) is 138 Å². The second-order valence-corrected chi connectivity index (χ2v) is 13.2. The summed E-state index contributed by atoms with van der Waals surface area (Å²) >= 11 is 0.